The van der Waals surface area contributed by atoms with E-state index >= 15 is 0 Å². The molecule has 0 fully saturated rings. The molecular weight excluding hydrogens is 485 g/mol. The number of aryl methyl sites for hydroxylation is 1. The van der Waals surface area contributed by atoms with Crippen molar-refractivity contribution in [2.75, 3.05) is 13.1 Å². The van der Waals surface area contributed by atoms with Gasteiger partial charge in [0.15, 0.2) is 11.7 Å². The van der Waals surface area contributed by atoms with Crippen molar-refractivity contribution in [1.29, 1.82) is 0 Å². The van der Waals surface area contributed by atoms with Crippen LogP contribution in [-0.4, -0.2) is 52.2 Å². The van der Waals surface area contributed by atoms with Gasteiger partial charge in [0.2, 0.25) is 5.89 Å². The first kappa shape index (κ1) is 26.9. The van der Waals surface area contributed by atoms with Gasteiger partial charge in [-0.3, -0.25) is 4.79 Å². The molecule has 1 amide bonds. The second kappa shape index (κ2) is 11.9. The van der Waals surface area contributed by atoms with Crippen molar-refractivity contribution in [3.05, 3.63) is 65.0 Å². The van der Waals surface area contributed by atoms with E-state index in [1.165, 1.54) is 6.07 Å². The Labute approximate surface area is 205 Å². The number of oxazole rings is 1. The Morgan fingerprint density at radius 1 is 1.17 bits per heavy atom. The van der Waals surface area contributed by atoms with Crippen LogP contribution >= 0.6 is 11.6 Å². The lowest BCUT2D eigenvalue weighted by Crippen LogP contribution is -2.53. The van der Waals surface area contributed by atoms with E-state index < -0.39 is 36.8 Å². The largest absolute Gasteiger partial charge is 0.471 e. The van der Waals surface area contributed by atoms with Gasteiger partial charge in [0.05, 0.1) is 6.04 Å². The summed E-state index contributed by atoms with van der Waals surface area (Å²) >= 11 is 5.98. The van der Waals surface area contributed by atoms with Crippen molar-refractivity contribution in [3.8, 4) is 0 Å². The molecule has 0 aliphatic rings. The lowest BCUT2D eigenvalue weighted by Gasteiger charge is -2.36. The maximum absolute atomic E-state index is 13.6. The molecule has 3 aromatic rings. The third kappa shape index (κ3) is 7.17. The molecule has 1 unspecified atom stereocenters. The monoisotopic (exact) mass is 512 g/mol. The first-order chi connectivity index (χ1) is 16.6. The zero-order valence-corrected chi connectivity index (χ0v) is 19.7. The lowest BCUT2D eigenvalue weighted by molar-refractivity contribution is -0.191. The molecule has 0 radical (unpaired) electrons. The summed E-state index contributed by atoms with van der Waals surface area (Å²) in [5, 5.41) is 11.6. The minimum absolute atomic E-state index is 0.0100. The van der Waals surface area contributed by atoms with Crippen molar-refractivity contribution in [3.63, 3.8) is 0 Å². The predicted octanol–water partition coefficient (Wildman–Crippen LogP) is 3.97. The first-order valence-electron chi connectivity index (χ1n) is 11.2. The molecule has 1 aromatic heterocycles. The summed E-state index contributed by atoms with van der Waals surface area (Å²) in [6.07, 6.45) is -5.69. The maximum atomic E-state index is 13.6. The Morgan fingerprint density at radius 3 is 2.54 bits per heavy atom. The van der Waals surface area contributed by atoms with Gasteiger partial charge >= 0.3 is 12.1 Å². The van der Waals surface area contributed by atoms with E-state index in [-0.39, 0.29) is 12.3 Å². The number of carbonyl (C=O) groups excluding carboxylic acids is 1. The Hall–Kier alpha value is -2.66. The highest BCUT2D eigenvalue weighted by Gasteiger charge is 2.47. The van der Waals surface area contributed by atoms with Crippen LogP contribution in [0.15, 0.2) is 52.9 Å². The molecule has 3 rings (SSSR count). The minimum Gasteiger partial charge on any atom is -0.438 e. The summed E-state index contributed by atoms with van der Waals surface area (Å²) < 4.78 is 46.5. The standard InChI is InChI=1S/C24H28ClF3N4O3/c25-16-9-11-20-18(13-16)31-22(35-20)21(33)19(10-8-15-5-2-1-3-6-15)32(23(34)24(26,27)28)14-17(30)7-4-12-29/h1-3,5-6,9,11,13,17,19,21,33H,4,7-8,10,12,14,29-30H2/t17-,19-,21?/m1/s1. The third-order valence-corrected chi connectivity index (χ3v) is 5.90. The first-order valence-corrected chi connectivity index (χ1v) is 11.6. The van der Waals surface area contributed by atoms with Gasteiger partial charge in [-0.2, -0.15) is 13.2 Å². The summed E-state index contributed by atoms with van der Waals surface area (Å²) in [6, 6.07) is 11.6. The minimum atomic E-state index is -5.16. The number of halogens is 4. The highest BCUT2D eigenvalue weighted by molar-refractivity contribution is 6.31. The number of aliphatic hydroxyl groups excluding tert-OH is 1. The average molecular weight is 513 g/mol. The molecule has 0 aliphatic carbocycles. The Balaban J connectivity index is 1.98. The number of rotatable bonds is 11. The molecule has 3 atom stereocenters. The molecule has 11 heteroatoms. The fraction of sp³-hybridized carbons (Fsp3) is 0.417. The Morgan fingerprint density at radius 2 is 1.89 bits per heavy atom. The predicted molar refractivity (Wildman–Crippen MR) is 127 cm³/mol. The van der Waals surface area contributed by atoms with Gasteiger partial charge in [-0.1, -0.05) is 41.9 Å². The molecule has 190 valence electrons. The normalized spacial score (nSPS) is 14.6. The van der Waals surface area contributed by atoms with Crippen molar-refractivity contribution in [1.82, 2.24) is 9.88 Å². The number of hydrogen-bond acceptors (Lipinski definition) is 6. The van der Waals surface area contributed by atoms with Gasteiger partial charge in [-0.25, -0.2) is 4.98 Å². The van der Waals surface area contributed by atoms with Crippen LogP contribution in [-0.2, 0) is 11.2 Å². The molecule has 1 heterocycles. The summed E-state index contributed by atoms with van der Waals surface area (Å²) in [5.41, 5.74) is 13.0. The van der Waals surface area contributed by atoms with E-state index in [9.17, 15) is 23.1 Å². The summed E-state index contributed by atoms with van der Waals surface area (Å²) in [7, 11) is 0. The number of carbonyl (C=O) groups is 1. The second-order valence-corrected chi connectivity index (χ2v) is 8.78. The van der Waals surface area contributed by atoms with Crippen LogP contribution in [0.5, 0.6) is 0 Å². The fourth-order valence-electron chi connectivity index (χ4n) is 3.91. The molecule has 7 nitrogen and oxygen atoms in total. The van der Waals surface area contributed by atoms with Crippen molar-refractivity contribution >= 4 is 28.6 Å². The Bertz CT molecular complexity index is 1110. The maximum Gasteiger partial charge on any atom is 0.471 e. The van der Waals surface area contributed by atoms with Crippen LogP contribution < -0.4 is 11.5 Å². The zero-order valence-electron chi connectivity index (χ0n) is 18.9. The number of benzene rings is 2. The van der Waals surface area contributed by atoms with E-state index in [0.29, 0.717) is 46.8 Å². The van der Waals surface area contributed by atoms with Gasteiger partial charge in [0, 0.05) is 17.6 Å². The number of aromatic nitrogens is 1. The average Bonchev–Trinajstić information content (AvgIpc) is 3.24. The SMILES string of the molecule is NCCC[C@@H](N)CN(C(=O)C(F)(F)F)[C@H](CCc1ccccc1)C(O)c1nc2cc(Cl)ccc2o1. The molecular formula is C24H28ClF3N4O3. The highest BCUT2D eigenvalue weighted by atomic mass is 35.5. The quantitative estimate of drug-likeness (QED) is 0.358. The topological polar surface area (TPSA) is 119 Å². The van der Waals surface area contributed by atoms with Crippen molar-refractivity contribution in [2.24, 2.45) is 11.5 Å². The molecule has 0 aliphatic heterocycles. The van der Waals surface area contributed by atoms with Crippen LogP contribution in [0.1, 0.15) is 36.8 Å². The molecule has 5 N–H and O–H groups in total. The van der Waals surface area contributed by atoms with Crippen LogP contribution in [0, 0.1) is 0 Å². The van der Waals surface area contributed by atoms with Gasteiger partial charge in [0.1, 0.15) is 5.52 Å². The molecule has 35 heavy (non-hydrogen) atoms. The number of fused-ring (bicyclic) bond motifs is 1. The van der Waals surface area contributed by atoms with Gasteiger partial charge in [-0.05, 0) is 56.0 Å². The van der Waals surface area contributed by atoms with Crippen molar-refractivity contribution < 1.29 is 27.5 Å². The molecule has 2 aromatic carbocycles. The lowest BCUT2D eigenvalue weighted by atomic mass is 9.98. The van der Waals surface area contributed by atoms with E-state index in [1.807, 2.05) is 18.2 Å². The smallest absolute Gasteiger partial charge is 0.438 e. The number of amides is 1. The fourth-order valence-corrected chi connectivity index (χ4v) is 4.07. The van der Waals surface area contributed by atoms with Crippen LogP contribution in [0.3, 0.4) is 0 Å². The van der Waals surface area contributed by atoms with Gasteiger partial charge in [0.25, 0.3) is 0 Å². The molecule has 0 saturated carbocycles. The van der Waals surface area contributed by atoms with Gasteiger partial charge < -0.3 is 25.9 Å². The van der Waals surface area contributed by atoms with E-state index in [1.54, 1.807) is 24.3 Å². The van der Waals surface area contributed by atoms with Crippen LogP contribution in [0.25, 0.3) is 11.1 Å². The van der Waals surface area contributed by atoms with E-state index in [2.05, 4.69) is 4.98 Å². The third-order valence-electron chi connectivity index (χ3n) is 5.67. The number of hydrogen-bond donors (Lipinski definition) is 3. The van der Waals surface area contributed by atoms with Crippen molar-refractivity contribution in [2.45, 2.75) is 50.0 Å². The summed E-state index contributed by atoms with van der Waals surface area (Å²) in [5.74, 6) is -2.30. The second-order valence-electron chi connectivity index (χ2n) is 8.35. The van der Waals surface area contributed by atoms with Gasteiger partial charge in [-0.15, -0.1) is 0 Å². The van der Waals surface area contributed by atoms with Crippen LogP contribution in [0.4, 0.5) is 13.2 Å². The van der Waals surface area contributed by atoms with E-state index in [4.69, 9.17) is 27.5 Å². The van der Waals surface area contributed by atoms with E-state index in [0.717, 1.165) is 5.56 Å². The number of aliphatic hydroxyl groups is 1. The van der Waals surface area contributed by atoms with Crippen LogP contribution in [0.2, 0.25) is 5.02 Å². The Kier molecular flexibility index (Phi) is 9.12. The number of alkyl halides is 3. The zero-order chi connectivity index (χ0) is 25.6. The number of nitrogens with two attached hydrogens (primary N) is 2. The number of nitrogens with zero attached hydrogens (tertiary/aromatic N) is 2. The highest BCUT2D eigenvalue weighted by Crippen LogP contribution is 2.31. The molecule has 0 saturated heterocycles. The summed E-state index contributed by atoms with van der Waals surface area (Å²) in [6.45, 7) is -0.104. The molecule has 0 spiro atoms. The summed E-state index contributed by atoms with van der Waals surface area (Å²) in [4.78, 5) is 17.3. The molecule has 0 bridgehead atoms.